The zero-order valence-corrected chi connectivity index (χ0v) is 9.35. The summed E-state index contributed by atoms with van der Waals surface area (Å²) in [5.74, 6) is 0.344. The van der Waals surface area contributed by atoms with Crippen LogP contribution >= 0.6 is 0 Å². The van der Waals surface area contributed by atoms with Gasteiger partial charge in [0.15, 0.2) is 0 Å². The lowest BCUT2D eigenvalue weighted by Gasteiger charge is -2.22. The van der Waals surface area contributed by atoms with Crippen molar-refractivity contribution in [2.45, 2.75) is 6.92 Å². The Morgan fingerprint density at radius 2 is 2.12 bits per heavy atom. The van der Waals surface area contributed by atoms with E-state index in [1.165, 1.54) is 6.07 Å². The van der Waals surface area contributed by atoms with Crippen LogP contribution in [-0.4, -0.2) is 21.1 Å². The highest BCUT2D eigenvalue weighted by molar-refractivity contribution is 5.56. The van der Waals surface area contributed by atoms with Crippen LogP contribution in [0.5, 0.6) is 0 Å². The molecule has 0 N–H and O–H groups in total. The maximum absolute atomic E-state index is 10.9. The average molecular weight is 232 g/mol. The highest BCUT2D eigenvalue weighted by Crippen LogP contribution is 2.24. The molecule has 6 heteroatoms. The Balaban J connectivity index is 2.48. The van der Waals surface area contributed by atoms with Crippen LogP contribution in [-0.2, 0) is 0 Å². The maximum atomic E-state index is 10.9. The molecule has 0 radical (unpaired) electrons. The van der Waals surface area contributed by atoms with Gasteiger partial charge < -0.3 is 0 Å². The normalized spacial score (nSPS) is 10.2. The molecule has 0 saturated heterocycles. The summed E-state index contributed by atoms with van der Waals surface area (Å²) in [6, 6.07) is 6.73. The van der Waals surface area contributed by atoms with Gasteiger partial charge in [0.1, 0.15) is 0 Å². The van der Waals surface area contributed by atoms with Crippen LogP contribution in [0.1, 0.15) is 6.92 Å². The van der Waals surface area contributed by atoms with Crippen molar-refractivity contribution >= 4 is 11.5 Å². The second kappa shape index (κ2) is 4.65. The van der Waals surface area contributed by atoms with E-state index in [0.29, 0.717) is 12.4 Å². The van der Waals surface area contributed by atoms with Gasteiger partial charge in [-0.25, -0.2) is 4.98 Å². The molecular weight excluding hydrogens is 220 g/mol. The quantitative estimate of drug-likeness (QED) is 0.598. The molecular formula is C11H12N4O2. The van der Waals surface area contributed by atoms with Gasteiger partial charge in [-0.3, -0.25) is 19.8 Å². The number of rotatable bonds is 4. The third-order valence-corrected chi connectivity index (χ3v) is 2.37. The lowest BCUT2D eigenvalue weighted by Crippen LogP contribution is -2.29. The molecule has 2 rings (SSSR count). The van der Waals surface area contributed by atoms with Crippen molar-refractivity contribution in [3.63, 3.8) is 0 Å². The number of aromatic nitrogens is 2. The summed E-state index contributed by atoms with van der Waals surface area (Å²) < 4.78 is 1.77. The Labute approximate surface area is 98.2 Å². The standard InChI is InChI=1S/C11H12N4O2/c1-2-14(13-8-3-4-9-13)11-10(15(16)17)6-5-7-12-11/h3-9H,2H2,1H3. The molecule has 0 fully saturated rings. The van der Waals surface area contributed by atoms with Crippen LogP contribution in [0.3, 0.4) is 0 Å². The Morgan fingerprint density at radius 3 is 2.71 bits per heavy atom. The molecule has 0 amide bonds. The lowest BCUT2D eigenvalue weighted by molar-refractivity contribution is -0.384. The van der Waals surface area contributed by atoms with Gasteiger partial charge in [-0.2, -0.15) is 0 Å². The first-order valence-corrected chi connectivity index (χ1v) is 5.24. The lowest BCUT2D eigenvalue weighted by atomic mass is 10.4. The first kappa shape index (κ1) is 11.1. The third kappa shape index (κ3) is 2.10. The molecule has 2 aromatic heterocycles. The highest BCUT2D eigenvalue weighted by Gasteiger charge is 2.20. The van der Waals surface area contributed by atoms with E-state index in [2.05, 4.69) is 4.98 Å². The molecule has 0 saturated carbocycles. The number of nitrogens with zero attached hydrogens (tertiary/aromatic N) is 4. The van der Waals surface area contributed by atoms with E-state index in [0.717, 1.165) is 0 Å². The molecule has 88 valence electrons. The smallest absolute Gasteiger partial charge is 0.267 e. The topological polar surface area (TPSA) is 64.2 Å². The molecule has 0 atom stereocenters. The van der Waals surface area contributed by atoms with Gasteiger partial charge in [-0.15, -0.1) is 0 Å². The fourth-order valence-corrected chi connectivity index (χ4v) is 1.64. The fraction of sp³-hybridized carbons (Fsp3) is 0.182. The van der Waals surface area contributed by atoms with E-state index in [9.17, 15) is 10.1 Å². The fourth-order valence-electron chi connectivity index (χ4n) is 1.64. The molecule has 2 aromatic rings. The molecule has 0 aliphatic heterocycles. The van der Waals surface area contributed by atoms with Gasteiger partial charge in [0.2, 0.25) is 5.82 Å². The van der Waals surface area contributed by atoms with Crippen LogP contribution in [0.15, 0.2) is 42.9 Å². The van der Waals surface area contributed by atoms with Crippen LogP contribution < -0.4 is 5.01 Å². The Bertz CT molecular complexity index is 510. The van der Waals surface area contributed by atoms with Gasteiger partial charge in [0.25, 0.3) is 0 Å². The second-order valence-corrected chi connectivity index (χ2v) is 3.38. The first-order chi connectivity index (χ1) is 8.24. The maximum Gasteiger partial charge on any atom is 0.313 e. The molecule has 0 aromatic carbocycles. The van der Waals surface area contributed by atoms with Crippen LogP contribution in [0.2, 0.25) is 0 Å². The predicted octanol–water partition coefficient (Wildman–Crippen LogP) is 2.08. The van der Waals surface area contributed by atoms with Gasteiger partial charge >= 0.3 is 5.69 Å². The molecule has 0 bridgehead atoms. The molecule has 17 heavy (non-hydrogen) atoms. The summed E-state index contributed by atoms with van der Waals surface area (Å²) in [7, 11) is 0. The summed E-state index contributed by atoms with van der Waals surface area (Å²) in [6.07, 6.45) is 5.19. The Kier molecular flexibility index (Phi) is 3.04. The molecule has 0 spiro atoms. The van der Waals surface area contributed by atoms with E-state index in [4.69, 9.17) is 0 Å². The summed E-state index contributed by atoms with van der Waals surface area (Å²) in [5, 5.41) is 12.7. The van der Waals surface area contributed by atoms with E-state index < -0.39 is 4.92 Å². The molecule has 0 unspecified atom stereocenters. The van der Waals surface area contributed by atoms with Gasteiger partial charge in [-0.1, -0.05) is 0 Å². The largest absolute Gasteiger partial charge is 0.313 e. The van der Waals surface area contributed by atoms with E-state index in [1.807, 2.05) is 31.5 Å². The number of pyridine rings is 1. The van der Waals surface area contributed by atoms with E-state index in [-0.39, 0.29) is 5.69 Å². The van der Waals surface area contributed by atoms with Crippen molar-refractivity contribution in [1.82, 2.24) is 9.66 Å². The van der Waals surface area contributed by atoms with Gasteiger partial charge in [0.05, 0.1) is 4.92 Å². The Morgan fingerprint density at radius 1 is 1.41 bits per heavy atom. The van der Waals surface area contributed by atoms with Crippen LogP contribution in [0, 0.1) is 10.1 Å². The minimum Gasteiger partial charge on any atom is -0.267 e. The number of anilines is 1. The average Bonchev–Trinajstić information content (AvgIpc) is 2.84. The Hall–Kier alpha value is -2.37. The molecule has 6 nitrogen and oxygen atoms in total. The summed E-state index contributed by atoms with van der Waals surface area (Å²) in [6.45, 7) is 2.50. The van der Waals surface area contributed by atoms with Crippen molar-refractivity contribution in [3.05, 3.63) is 53.0 Å². The SMILES string of the molecule is CCN(c1ncccc1[N+](=O)[O-])n1cccc1. The number of nitro groups is 1. The molecule has 0 aliphatic rings. The van der Waals surface area contributed by atoms with E-state index in [1.54, 1.807) is 21.9 Å². The minimum absolute atomic E-state index is 0.00282. The van der Waals surface area contributed by atoms with Crippen molar-refractivity contribution in [2.75, 3.05) is 11.6 Å². The summed E-state index contributed by atoms with van der Waals surface area (Å²) in [4.78, 5) is 14.6. The number of hydrogen-bond donors (Lipinski definition) is 0. The first-order valence-electron chi connectivity index (χ1n) is 5.24. The zero-order chi connectivity index (χ0) is 12.3. The van der Waals surface area contributed by atoms with E-state index >= 15 is 0 Å². The third-order valence-electron chi connectivity index (χ3n) is 2.37. The number of hydrogen-bond acceptors (Lipinski definition) is 4. The molecule has 2 heterocycles. The summed E-state index contributed by atoms with van der Waals surface area (Å²) >= 11 is 0. The predicted molar refractivity (Wildman–Crippen MR) is 63.7 cm³/mol. The second-order valence-electron chi connectivity index (χ2n) is 3.38. The van der Waals surface area contributed by atoms with Gasteiger partial charge in [0, 0.05) is 31.2 Å². The highest BCUT2D eigenvalue weighted by atomic mass is 16.6. The van der Waals surface area contributed by atoms with Crippen LogP contribution in [0.25, 0.3) is 0 Å². The minimum atomic E-state index is -0.422. The van der Waals surface area contributed by atoms with Crippen LogP contribution in [0.4, 0.5) is 11.5 Å². The van der Waals surface area contributed by atoms with Gasteiger partial charge in [-0.05, 0) is 25.1 Å². The van der Waals surface area contributed by atoms with Crippen molar-refractivity contribution in [1.29, 1.82) is 0 Å². The monoisotopic (exact) mass is 232 g/mol. The van der Waals surface area contributed by atoms with Crippen molar-refractivity contribution < 1.29 is 4.92 Å². The van der Waals surface area contributed by atoms with Crippen molar-refractivity contribution in [3.8, 4) is 0 Å². The molecule has 0 aliphatic carbocycles. The summed E-state index contributed by atoms with van der Waals surface area (Å²) in [5.41, 5.74) is 0.00282. The van der Waals surface area contributed by atoms with Crippen molar-refractivity contribution in [2.24, 2.45) is 0 Å². The zero-order valence-electron chi connectivity index (χ0n) is 9.35.